The molecule has 2 heterocycles. The van der Waals surface area contributed by atoms with Crippen molar-refractivity contribution in [3.63, 3.8) is 0 Å². The monoisotopic (exact) mass is 534 g/mol. The van der Waals surface area contributed by atoms with Gasteiger partial charge in [-0.1, -0.05) is 25.1 Å². The number of piperidine rings is 1. The van der Waals surface area contributed by atoms with Crippen molar-refractivity contribution in [2.75, 3.05) is 5.32 Å². The van der Waals surface area contributed by atoms with Gasteiger partial charge in [0.1, 0.15) is 17.5 Å². The smallest absolute Gasteiger partial charge is 0.411 e. The topological polar surface area (TPSA) is 114 Å². The summed E-state index contributed by atoms with van der Waals surface area (Å²) in [5, 5.41) is 5.64. The minimum absolute atomic E-state index is 0.00920. The molecule has 2 aromatic carbocycles. The number of ether oxygens (including phenoxy) is 1. The molecule has 9 heteroatoms. The highest BCUT2D eigenvalue weighted by molar-refractivity contribution is 5.99. The summed E-state index contributed by atoms with van der Waals surface area (Å²) in [6.45, 7) is 7.62. The third kappa shape index (κ3) is 4.56. The van der Waals surface area contributed by atoms with E-state index in [4.69, 9.17) is 10.5 Å². The Bertz CT molecular complexity index is 1370. The largest absolute Gasteiger partial charge is 0.444 e. The molecule has 0 aromatic heterocycles. The van der Waals surface area contributed by atoms with Gasteiger partial charge in [-0.05, 0) is 91.3 Å². The van der Waals surface area contributed by atoms with Crippen LogP contribution < -0.4 is 16.4 Å². The average molecular weight is 535 g/mol. The predicted molar refractivity (Wildman–Crippen MR) is 144 cm³/mol. The number of nitrogens with zero attached hydrogens (tertiary/aromatic N) is 1. The SMILES string of the molecule is C[C@H]1[C@H]2[C@H]3C[C@@H]([C@@H]12)N(C(=O)OC(C)(C)C)[C@@H]3C(=O)N[C@H](N)Cc1ccc(-c2ccc3c(c2)CC(=O)N3)cc1F. The maximum absolute atomic E-state index is 15.1. The Hall–Kier alpha value is -3.46. The van der Waals surface area contributed by atoms with Crippen molar-refractivity contribution in [3.05, 3.63) is 53.3 Å². The van der Waals surface area contributed by atoms with Gasteiger partial charge in [-0.2, -0.15) is 0 Å². The summed E-state index contributed by atoms with van der Waals surface area (Å²) in [5.41, 5.74) is 9.20. The van der Waals surface area contributed by atoms with Gasteiger partial charge in [-0.3, -0.25) is 14.5 Å². The number of anilines is 1. The zero-order valence-electron chi connectivity index (χ0n) is 22.7. The molecule has 0 unspecified atom stereocenters. The Morgan fingerprint density at radius 2 is 1.90 bits per heavy atom. The van der Waals surface area contributed by atoms with Gasteiger partial charge in [-0.25, -0.2) is 9.18 Å². The Balaban J connectivity index is 1.13. The van der Waals surface area contributed by atoms with E-state index in [0.29, 0.717) is 35.3 Å². The molecule has 4 aliphatic rings. The summed E-state index contributed by atoms with van der Waals surface area (Å²) in [6, 6.07) is 9.89. The fraction of sp³-hybridized carbons (Fsp3) is 0.500. The van der Waals surface area contributed by atoms with Gasteiger partial charge in [-0.15, -0.1) is 0 Å². The van der Waals surface area contributed by atoms with E-state index in [2.05, 4.69) is 17.6 Å². The first-order valence-electron chi connectivity index (χ1n) is 13.7. The van der Waals surface area contributed by atoms with E-state index in [-0.39, 0.29) is 30.2 Å². The van der Waals surface area contributed by atoms with E-state index in [0.717, 1.165) is 23.2 Å². The van der Waals surface area contributed by atoms with Gasteiger partial charge >= 0.3 is 6.09 Å². The number of nitrogens with one attached hydrogen (secondary N) is 2. The normalized spacial score (nSPS) is 29.0. The van der Waals surface area contributed by atoms with Crippen LogP contribution in [0.1, 0.15) is 45.2 Å². The average Bonchev–Trinajstić information content (AvgIpc) is 3.17. The van der Waals surface area contributed by atoms with Crippen LogP contribution in [0, 0.1) is 29.5 Å². The van der Waals surface area contributed by atoms with Crippen molar-refractivity contribution in [1.82, 2.24) is 10.2 Å². The van der Waals surface area contributed by atoms with E-state index in [1.54, 1.807) is 11.0 Å². The molecule has 206 valence electrons. The van der Waals surface area contributed by atoms with Crippen molar-refractivity contribution in [2.24, 2.45) is 29.4 Å². The number of fused-ring (bicyclic) bond motifs is 6. The van der Waals surface area contributed by atoms with Crippen molar-refractivity contribution in [2.45, 2.75) is 70.8 Å². The van der Waals surface area contributed by atoms with Crippen LogP contribution in [0.15, 0.2) is 36.4 Å². The maximum atomic E-state index is 15.1. The second-order valence-corrected chi connectivity index (χ2v) is 12.5. The molecular formula is C30H35FN4O4. The summed E-state index contributed by atoms with van der Waals surface area (Å²) in [5.74, 6) is 0.664. The minimum Gasteiger partial charge on any atom is -0.444 e. The van der Waals surface area contributed by atoms with Crippen molar-refractivity contribution in [1.29, 1.82) is 0 Å². The Kier molecular flexibility index (Phi) is 5.98. The lowest BCUT2D eigenvalue weighted by Crippen LogP contribution is -2.57. The van der Waals surface area contributed by atoms with Gasteiger partial charge in [0.15, 0.2) is 0 Å². The van der Waals surface area contributed by atoms with Crippen molar-refractivity contribution >= 4 is 23.6 Å². The number of nitrogens with two attached hydrogens (primary N) is 1. The highest BCUT2D eigenvalue weighted by Crippen LogP contribution is 2.67. The molecule has 2 saturated carbocycles. The third-order valence-electron chi connectivity index (χ3n) is 8.79. The quantitative estimate of drug-likeness (QED) is 0.505. The number of benzene rings is 2. The zero-order chi connectivity index (χ0) is 27.8. The summed E-state index contributed by atoms with van der Waals surface area (Å²) in [7, 11) is 0. The second kappa shape index (κ2) is 9.05. The summed E-state index contributed by atoms with van der Waals surface area (Å²) in [6.07, 6.45) is -0.0607. The fourth-order valence-corrected chi connectivity index (χ4v) is 7.19. The van der Waals surface area contributed by atoms with Crippen LogP contribution in [0.3, 0.4) is 0 Å². The van der Waals surface area contributed by atoms with Gasteiger partial charge in [0.05, 0.1) is 12.6 Å². The van der Waals surface area contributed by atoms with Crippen LogP contribution in [0.2, 0.25) is 0 Å². The molecule has 4 N–H and O–H groups in total. The molecule has 3 amide bonds. The molecule has 2 aliphatic carbocycles. The Morgan fingerprint density at radius 1 is 1.18 bits per heavy atom. The number of rotatable bonds is 5. The molecule has 1 saturated heterocycles. The van der Waals surface area contributed by atoms with E-state index in [1.165, 1.54) is 6.07 Å². The van der Waals surface area contributed by atoms with Crippen molar-refractivity contribution < 1.29 is 23.5 Å². The van der Waals surface area contributed by atoms with Gasteiger partial charge < -0.3 is 21.1 Å². The Morgan fingerprint density at radius 3 is 2.62 bits per heavy atom. The molecule has 2 aliphatic heterocycles. The molecule has 7 atom stereocenters. The summed E-state index contributed by atoms with van der Waals surface area (Å²) >= 11 is 0. The van der Waals surface area contributed by atoms with Crippen LogP contribution >= 0.6 is 0 Å². The van der Waals surface area contributed by atoms with Crippen LogP contribution in [0.4, 0.5) is 14.9 Å². The lowest BCUT2D eigenvalue weighted by atomic mass is 9.94. The van der Waals surface area contributed by atoms with E-state index in [9.17, 15) is 14.4 Å². The molecule has 6 rings (SSSR count). The first-order valence-corrected chi connectivity index (χ1v) is 13.7. The fourth-order valence-electron chi connectivity index (χ4n) is 7.19. The highest BCUT2D eigenvalue weighted by atomic mass is 19.1. The number of halogens is 1. The molecule has 0 radical (unpaired) electrons. The first-order chi connectivity index (χ1) is 18.4. The van der Waals surface area contributed by atoms with Crippen LogP contribution in [0.25, 0.3) is 11.1 Å². The van der Waals surface area contributed by atoms with Gasteiger partial charge in [0.2, 0.25) is 11.8 Å². The minimum atomic E-state index is -0.818. The van der Waals surface area contributed by atoms with Crippen LogP contribution in [-0.2, 0) is 27.2 Å². The number of carbonyl (C=O) groups is 3. The molecule has 3 fully saturated rings. The first kappa shape index (κ1) is 25.8. The van der Waals surface area contributed by atoms with E-state index in [1.807, 2.05) is 45.0 Å². The molecule has 2 aromatic rings. The molecular weight excluding hydrogens is 499 g/mol. The molecule has 0 spiro atoms. The maximum Gasteiger partial charge on any atom is 0.411 e. The standard InChI is InChI=1S/C30H35FN4O4/c1-14-25-19-13-22(26(14)25)35(29(38)39-30(2,3)4)27(19)28(37)34-23(32)11-17-6-5-16(10-20(17)31)15-7-8-21-18(9-15)12-24(36)33-21/h5-10,14,19,22-23,25-27H,11-13,32H2,1-4H3,(H,33,36)(H,34,37)/t14-,19+,22-,23-,25-,26+,27-/m0/s1. The highest BCUT2D eigenvalue weighted by Gasteiger charge is 2.71. The Labute approximate surface area is 227 Å². The van der Waals surface area contributed by atoms with Crippen molar-refractivity contribution in [3.8, 4) is 11.1 Å². The number of carbonyl (C=O) groups excluding carboxylic acids is 3. The summed E-state index contributed by atoms with van der Waals surface area (Å²) < 4.78 is 20.8. The molecule has 2 bridgehead atoms. The number of hydrogen-bond acceptors (Lipinski definition) is 5. The van der Waals surface area contributed by atoms with Crippen LogP contribution in [0.5, 0.6) is 0 Å². The van der Waals surface area contributed by atoms with Crippen LogP contribution in [-0.4, -0.2) is 46.7 Å². The number of hydrogen-bond donors (Lipinski definition) is 3. The second-order valence-electron chi connectivity index (χ2n) is 12.5. The number of amides is 3. The third-order valence-corrected chi connectivity index (χ3v) is 8.79. The lowest BCUT2D eigenvalue weighted by molar-refractivity contribution is -0.128. The summed E-state index contributed by atoms with van der Waals surface area (Å²) in [4.78, 5) is 39.9. The predicted octanol–water partition coefficient (Wildman–Crippen LogP) is 3.82. The lowest BCUT2D eigenvalue weighted by Gasteiger charge is -2.35. The van der Waals surface area contributed by atoms with E-state index < -0.39 is 29.7 Å². The molecule has 8 nitrogen and oxygen atoms in total. The van der Waals surface area contributed by atoms with Gasteiger partial charge in [0, 0.05) is 18.2 Å². The van der Waals surface area contributed by atoms with Gasteiger partial charge in [0.25, 0.3) is 0 Å². The number of likely N-dealkylation sites (tertiary alicyclic amines) is 1. The zero-order valence-corrected chi connectivity index (χ0v) is 22.7. The molecule has 39 heavy (non-hydrogen) atoms. The van der Waals surface area contributed by atoms with E-state index >= 15 is 4.39 Å².